The summed E-state index contributed by atoms with van der Waals surface area (Å²) in [5.74, 6) is 0.917. The van der Waals surface area contributed by atoms with E-state index in [1.807, 2.05) is 36.4 Å². The van der Waals surface area contributed by atoms with E-state index in [1.54, 1.807) is 11.8 Å². The van der Waals surface area contributed by atoms with Crippen LogP contribution in [0.25, 0.3) is 0 Å². The van der Waals surface area contributed by atoms with Crippen molar-refractivity contribution in [1.82, 2.24) is 0 Å². The average Bonchev–Trinajstić information content (AvgIpc) is 2.61. The van der Waals surface area contributed by atoms with E-state index in [0.717, 1.165) is 16.5 Å². The molecule has 0 aliphatic rings. The van der Waals surface area contributed by atoms with Gasteiger partial charge in [0, 0.05) is 11.3 Å². The van der Waals surface area contributed by atoms with E-state index in [1.165, 1.54) is 16.7 Å². The van der Waals surface area contributed by atoms with Crippen LogP contribution in [0.3, 0.4) is 0 Å². The maximum atomic E-state index is 4.85. The molecule has 0 amide bonds. The highest BCUT2D eigenvalue weighted by Crippen LogP contribution is 2.23. The summed E-state index contributed by atoms with van der Waals surface area (Å²) in [6.45, 7) is 2.11. The monoisotopic (exact) mass is 317 g/mol. The van der Waals surface area contributed by atoms with Crippen LogP contribution >= 0.6 is 11.8 Å². The number of rotatable bonds is 4. The highest BCUT2D eigenvalue weighted by Gasteiger charge is 2.06. The Hall–Kier alpha value is -2.32. The second kappa shape index (κ2) is 7.80. The van der Waals surface area contributed by atoms with Gasteiger partial charge in [-0.1, -0.05) is 78.4 Å². The highest BCUT2D eigenvalue weighted by atomic mass is 32.2. The summed E-state index contributed by atoms with van der Waals surface area (Å²) in [4.78, 5) is 4.85. The highest BCUT2D eigenvalue weighted by molar-refractivity contribution is 8.13. The summed E-state index contributed by atoms with van der Waals surface area (Å²) in [7, 11) is 0. The zero-order valence-corrected chi connectivity index (χ0v) is 14.0. The Bertz CT molecular complexity index is 762. The van der Waals surface area contributed by atoms with Crippen LogP contribution in [0.1, 0.15) is 16.7 Å². The number of nitrogens with zero attached hydrogens (tertiary/aromatic N) is 1. The summed E-state index contributed by atoms with van der Waals surface area (Å²) in [5.41, 5.74) is 4.73. The number of hydrogen-bond donors (Lipinski definition) is 0. The first kappa shape index (κ1) is 15.6. The lowest BCUT2D eigenvalue weighted by atomic mass is 10.2. The lowest BCUT2D eigenvalue weighted by molar-refractivity contribution is 1.42. The Morgan fingerprint density at radius 2 is 1.39 bits per heavy atom. The molecule has 0 spiro atoms. The van der Waals surface area contributed by atoms with Crippen molar-refractivity contribution in [3.8, 4) is 0 Å². The molecule has 0 aliphatic carbocycles. The molecule has 0 N–H and O–H groups in total. The van der Waals surface area contributed by atoms with Crippen LogP contribution in [0.5, 0.6) is 0 Å². The molecule has 0 aliphatic heterocycles. The first-order valence-electron chi connectivity index (χ1n) is 7.69. The Morgan fingerprint density at radius 3 is 2.04 bits per heavy atom. The van der Waals surface area contributed by atoms with Crippen LogP contribution in [0.4, 0.5) is 5.69 Å². The minimum absolute atomic E-state index is 0.917. The van der Waals surface area contributed by atoms with Gasteiger partial charge in [-0.15, -0.1) is 11.8 Å². The molecule has 23 heavy (non-hydrogen) atoms. The first-order valence-corrected chi connectivity index (χ1v) is 8.67. The molecule has 0 atom stereocenters. The van der Waals surface area contributed by atoms with Crippen LogP contribution in [0.15, 0.2) is 89.9 Å². The molecule has 0 aromatic heterocycles. The molecule has 0 bridgehead atoms. The van der Waals surface area contributed by atoms with Crippen molar-refractivity contribution in [2.45, 2.75) is 12.7 Å². The zero-order chi connectivity index (χ0) is 15.9. The van der Waals surface area contributed by atoms with Crippen molar-refractivity contribution >= 4 is 22.5 Å². The van der Waals surface area contributed by atoms with Gasteiger partial charge in [0.25, 0.3) is 0 Å². The third-order valence-corrected chi connectivity index (χ3v) is 4.58. The lowest BCUT2D eigenvalue weighted by Crippen LogP contribution is -1.96. The van der Waals surface area contributed by atoms with Crippen LogP contribution in [0, 0.1) is 6.92 Å². The zero-order valence-electron chi connectivity index (χ0n) is 13.1. The average molecular weight is 317 g/mol. The van der Waals surface area contributed by atoms with Gasteiger partial charge in [-0.3, -0.25) is 0 Å². The Kier molecular flexibility index (Phi) is 5.28. The third kappa shape index (κ3) is 4.57. The number of aryl methyl sites for hydroxylation is 1. The molecule has 0 saturated carbocycles. The first-order chi connectivity index (χ1) is 11.3. The van der Waals surface area contributed by atoms with E-state index in [0.29, 0.717) is 0 Å². The van der Waals surface area contributed by atoms with Crippen molar-refractivity contribution in [3.63, 3.8) is 0 Å². The SMILES string of the molecule is Cc1ccc(C(=Nc2ccccc2)SCc2ccccc2)cc1. The van der Waals surface area contributed by atoms with Gasteiger partial charge >= 0.3 is 0 Å². The van der Waals surface area contributed by atoms with Gasteiger partial charge in [0.2, 0.25) is 0 Å². The minimum atomic E-state index is 0.917. The number of hydrogen-bond acceptors (Lipinski definition) is 2. The normalized spacial score (nSPS) is 11.4. The molecule has 114 valence electrons. The number of thioether (sulfide) groups is 1. The number of benzene rings is 3. The van der Waals surface area contributed by atoms with E-state index in [9.17, 15) is 0 Å². The standard InChI is InChI=1S/C21H19NS/c1-17-12-14-19(15-13-17)21(22-20-10-6-3-7-11-20)23-16-18-8-4-2-5-9-18/h2-15H,16H2,1H3. The Morgan fingerprint density at radius 1 is 0.783 bits per heavy atom. The van der Waals surface area contributed by atoms with Crippen LogP contribution < -0.4 is 0 Å². The Balaban J connectivity index is 1.87. The van der Waals surface area contributed by atoms with Crippen LogP contribution in [0.2, 0.25) is 0 Å². The molecule has 3 aromatic rings. The molecule has 2 heteroatoms. The second-order valence-electron chi connectivity index (χ2n) is 5.39. The second-order valence-corrected chi connectivity index (χ2v) is 6.36. The van der Waals surface area contributed by atoms with Crippen molar-refractivity contribution in [3.05, 3.63) is 102 Å². The molecular formula is C21H19NS. The molecular weight excluding hydrogens is 298 g/mol. The lowest BCUT2D eigenvalue weighted by Gasteiger charge is -2.08. The van der Waals surface area contributed by atoms with Crippen LogP contribution in [-0.2, 0) is 5.75 Å². The predicted octanol–water partition coefficient (Wildman–Crippen LogP) is 6.01. The Labute approximate surface area is 142 Å². The summed E-state index contributed by atoms with van der Waals surface area (Å²) in [6, 6.07) is 29.2. The summed E-state index contributed by atoms with van der Waals surface area (Å²) in [6.07, 6.45) is 0. The van der Waals surface area contributed by atoms with E-state index in [-0.39, 0.29) is 0 Å². The van der Waals surface area contributed by atoms with Gasteiger partial charge in [0.15, 0.2) is 0 Å². The fraction of sp³-hybridized carbons (Fsp3) is 0.0952. The molecule has 0 radical (unpaired) electrons. The van der Waals surface area contributed by atoms with E-state index >= 15 is 0 Å². The van der Waals surface area contributed by atoms with Gasteiger partial charge in [0.05, 0.1) is 5.69 Å². The summed E-state index contributed by atoms with van der Waals surface area (Å²) in [5, 5.41) is 1.06. The molecule has 0 unspecified atom stereocenters. The van der Waals surface area contributed by atoms with Crippen molar-refractivity contribution < 1.29 is 0 Å². The quantitative estimate of drug-likeness (QED) is 0.424. The smallest absolute Gasteiger partial charge is 0.104 e. The van der Waals surface area contributed by atoms with Crippen molar-refractivity contribution in [2.75, 3.05) is 0 Å². The molecule has 0 fully saturated rings. The van der Waals surface area contributed by atoms with Gasteiger partial charge in [-0.05, 0) is 24.6 Å². The van der Waals surface area contributed by atoms with E-state index < -0.39 is 0 Å². The molecule has 0 heterocycles. The van der Waals surface area contributed by atoms with Crippen LogP contribution in [-0.4, -0.2) is 5.04 Å². The van der Waals surface area contributed by atoms with E-state index in [4.69, 9.17) is 4.99 Å². The fourth-order valence-electron chi connectivity index (χ4n) is 2.22. The van der Waals surface area contributed by atoms with Crippen molar-refractivity contribution in [2.24, 2.45) is 4.99 Å². The van der Waals surface area contributed by atoms with Gasteiger partial charge in [0.1, 0.15) is 5.04 Å². The van der Waals surface area contributed by atoms with E-state index in [2.05, 4.69) is 55.5 Å². The fourth-order valence-corrected chi connectivity index (χ4v) is 3.19. The molecule has 1 nitrogen and oxygen atoms in total. The molecule has 0 saturated heterocycles. The summed E-state index contributed by atoms with van der Waals surface area (Å²) < 4.78 is 0. The predicted molar refractivity (Wildman–Crippen MR) is 102 cm³/mol. The topological polar surface area (TPSA) is 12.4 Å². The largest absolute Gasteiger partial charge is 0.241 e. The van der Waals surface area contributed by atoms with Crippen molar-refractivity contribution in [1.29, 1.82) is 0 Å². The number of aliphatic imine (C=N–C) groups is 1. The summed E-state index contributed by atoms with van der Waals surface area (Å²) >= 11 is 1.78. The maximum absolute atomic E-state index is 4.85. The number of para-hydroxylation sites is 1. The minimum Gasteiger partial charge on any atom is -0.241 e. The third-order valence-electron chi connectivity index (χ3n) is 3.50. The molecule has 3 aromatic carbocycles. The maximum Gasteiger partial charge on any atom is 0.104 e. The molecule has 3 rings (SSSR count). The van der Waals surface area contributed by atoms with Gasteiger partial charge in [-0.25, -0.2) is 4.99 Å². The van der Waals surface area contributed by atoms with Gasteiger partial charge in [-0.2, -0.15) is 0 Å². The van der Waals surface area contributed by atoms with Gasteiger partial charge < -0.3 is 0 Å².